The summed E-state index contributed by atoms with van der Waals surface area (Å²) in [5.74, 6) is 0.147. The first-order valence-corrected chi connectivity index (χ1v) is 12.1. The van der Waals surface area contributed by atoms with Gasteiger partial charge in [-0.05, 0) is 44.0 Å². The highest BCUT2D eigenvalue weighted by Crippen LogP contribution is 2.27. The van der Waals surface area contributed by atoms with E-state index >= 15 is 0 Å². The number of hydrogen-bond acceptors (Lipinski definition) is 4. The van der Waals surface area contributed by atoms with Gasteiger partial charge in [0.25, 0.3) is 5.91 Å². The van der Waals surface area contributed by atoms with Gasteiger partial charge in [-0.2, -0.15) is 0 Å². The highest BCUT2D eigenvalue weighted by atomic mass is 32.1. The van der Waals surface area contributed by atoms with Gasteiger partial charge in [-0.3, -0.25) is 9.69 Å². The number of aryl methyl sites for hydroxylation is 2. The van der Waals surface area contributed by atoms with Crippen molar-refractivity contribution in [2.45, 2.75) is 53.0 Å². The summed E-state index contributed by atoms with van der Waals surface area (Å²) in [6.07, 6.45) is 0.994. The number of rotatable bonds is 3. The van der Waals surface area contributed by atoms with Crippen LogP contribution in [-0.2, 0) is 19.0 Å². The second kappa shape index (κ2) is 8.40. The lowest BCUT2D eigenvalue weighted by Gasteiger charge is -2.22. The highest BCUT2D eigenvalue weighted by molar-refractivity contribution is 7.09. The molecule has 0 spiro atoms. The maximum absolute atomic E-state index is 13.3. The van der Waals surface area contributed by atoms with Crippen LogP contribution in [0.1, 0.15) is 59.5 Å². The Balaban J connectivity index is 1.44. The van der Waals surface area contributed by atoms with Crippen molar-refractivity contribution in [2.24, 2.45) is 7.05 Å². The van der Waals surface area contributed by atoms with Gasteiger partial charge >= 0.3 is 0 Å². The van der Waals surface area contributed by atoms with E-state index in [1.54, 1.807) is 11.3 Å². The molecule has 0 bridgehead atoms. The summed E-state index contributed by atoms with van der Waals surface area (Å²) in [6.45, 7) is 15.2. The third-order valence-corrected chi connectivity index (χ3v) is 7.83. The van der Waals surface area contributed by atoms with E-state index in [4.69, 9.17) is 4.98 Å². The fourth-order valence-electron chi connectivity index (χ4n) is 4.36. The van der Waals surface area contributed by atoms with E-state index in [0.29, 0.717) is 0 Å². The van der Waals surface area contributed by atoms with E-state index in [-0.39, 0.29) is 11.3 Å². The van der Waals surface area contributed by atoms with Crippen LogP contribution in [0.5, 0.6) is 0 Å². The smallest absolute Gasteiger partial charge is 0.253 e. The Bertz CT molecular complexity index is 1100. The number of thiazole rings is 1. The summed E-state index contributed by atoms with van der Waals surface area (Å²) in [4.78, 5) is 22.6. The van der Waals surface area contributed by atoms with E-state index in [2.05, 4.69) is 68.6 Å². The fraction of sp³-hybridized carbons (Fsp3) is 0.520. The molecule has 1 aliphatic heterocycles. The molecule has 4 rings (SSSR count). The van der Waals surface area contributed by atoms with Crippen LogP contribution in [0, 0.1) is 13.8 Å². The second-order valence-corrected chi connectivity index (χ2v) is 10.7. The molecule has 0 aliphatic carbocycles. The van der Waals surface area contributed by atoms with Gasteiger partial charge in [0.05, 0.1) is 10.7 Å². The molecule has 1 amide bonds. The second-order valence-electron chi connectivity index (χ2n) is 9.82. The molecule has 1 aromatic carbocycles. The van der Waals surface area contributed by atoms with Crippen LogP contribution in [0.3, 0.4) is 0 Å². The standard InChI is InChI=1S/C25H34N4OS/c1-17-18(2)27(6)22-9-8-19(14-21(17)22)23(30)29-11-7-10-28(12-13-29)15-20-16-31-24(26-20)25(3,4)5/h8-9,14,16H,7,10-13,15H2,1-6H3. The molecule has 0 unspecified atom stereocenters. The van der Waals surface area contributed by atoms with Gasteiger partial charge in [0.15, 0.2) is 0 Å². The lowest BCUT2D eigenvalue weighted by Crippen LogP contribution is -2.35. The van der Waals surface area contributed by atoms with E-state index in [0.717, 1.165) is 50.4 Å². The Morgan fingerprint density at radius 2 is 1.90 bits per heavy atom. The Morgan fingerprint density at radius 3 is 2.61 bits per heavy atom. The van der Waals surface area contributed by atoms with Crippen LogP contribution in [-0.4, -0.2) is 51.4 Å². The van der Waals surface area contributed by atoms with Crippen LogP contribution < -0.4 is 0 Å². The number of aromatic nitrogens is 2. The number of fused-ring (bicyclic) bond motifs is 1. The molecule has 3 heterocycles. The normalized spacial score (nSPS) is 16.1. The zero-order chi connectivity index (χ0) is 22.3. The molecule has 166 valence electrons. The monoisotopic (exact) mass is 438 g/mol. The lowest BCUT2D eigenvalue weighted by atomic mass is 9.98. The van der Waals surface area contributed by atoms with Crippen molar-refractivity contribution >= 4 is 28.1 Å². The van der Waals surface area contributed by atoms with E-state index in [1.807, 2.05) is 11.0 Å². The van der Waals surface area contributed by atoms with Gasteiger partial charge in [0.2, 0.25) is 0 Å². The number of amides is 1. The Labute approximate surface area is 189 Å². The molecule has 5 nitrogen and oxygen atoms in total. The first-order valence-electron chi connectivity index (χ1n) is 11.2. The molecular weight excluding hydrogens is 404 g/mol. The molecule has 0 atom stereocenters. The zero-order valence-electron chi connectivity index (χ0n) is 19.7. The average molecular weight is 439 g/mol. The first-order chi connectivity index (χ1) is 14.6. The molecule has 1 aliphatic rings. The number of hydrogen-bond donors (Lipinski definition) is 0. The molecule has 3 aromatic rings. The van der Waals surface area contributed by atoms with Crippen molar-refractivity contribution in [2.75, 3.05) is 26.2 Å². The Hall–Kier alpha value is -2.18. The summed E-state index contributed by atoms with van der Waals surface area (Å²) in [5, 5.41) is 4.56. The van der Waals surface area contributed by atoms with Gasteiger partial charge in [0.1, 0.15) is 0 Å². The van der Waals surface area contributed by atoms with Crippen LogP contribution in [0.15, 0.2) is 23.6 Å². The van der Waals surface area contributed by atoms with Crippen molar-refractivity contribution < 1.29 is 4.79 Å². The fourth-order valence-corrected chi connectivity index (χ4v) is 5.26. The Morgan fingerprint density at radius 1 is 1.13 bits per heavy atom. The largest absolute Gasteiger partial charge is 0.348 e. The molecular formula is C25H34N4OS. The summed E-state index contributed by atoms with van der Waals surface area (Å²) in [5.41, 5.74) is 5.74. The zero-order valence-corrected chi connectivity index (χ0v) is 20.5. The molecule has 31 heavy (non-hydrogen) atoms. The van der Waals surface area contributed by atoms with Gasteiger partial charge < -0.3 is 9.47 Å². The molecule has 0 saturated carbocycles. The molecule has 1 saturated heterocycles. The summed E-state index contributed by atoms with van der Waals surface area (Å²) >= 11 is 1.75. The Kier molecular flexibility index (Phi) is 5.97. The van der Waals surface area contributed by atoms with E-state index < -0.39 is 0 Å². The van der Waals surface area contributed by atoms with Gasteiger partial charge in [0, 0.05) is 72.7 Å². The molecule has 6 heteroatoms. The van der Waals surface area contributed by atoms with Crippen LogP contribution in [0.4, 0.5) is 0 Å². The highest BCUT2D eigenvalue weighted by Gasteiger charge is 2.23. The van der Waals surface area contributed by atoms with E-state index in [1.165, 1.54) is 27.2 Å². The molecule has 1 fully saturated rings. The van der Waals surface area contributed by atoms with Crippen LogP contribution in [0.2, 0.25) is 0 Å². The van der Waals surface area contributed by atoms with Gasteiger partial charge in [-0.15, -0.1) is 11.3 Å². The van der Waals surface area contributed by atoms with Crippen molar-refractivity contribution in [3.05, 3.63) is 51.1 Å². The van der Waals surface area contributed by atoms with E-state index in [9.17, 15) is 4.79 Å². The van der Waals surface area contributed by atoms with Gasteiger partial charge in [-0.25, -0.2) is 4.98 Å². The number of nitrogens with zero attached hydrogens (tertiary/aromatic N) is 4. The molecule has 0 radical (unpaired) electrons. The summed E-state index contributed by atoms with van der Waals surface area (Å²) in [7, 11) is 2.09. The molecule has 0 N–H and O–H groups in total. The number of carbonyl (C=O) groups excluding carboxylic acids is 1. The van der Waals surface area contributed by atoms with Crippen LogP contribution in [0.25, 0.3) is 10.9 Å². The lowest BCUT2D eigenvalue weighted by molar-refractivity contribution is 0.0761. The third-order valence-electron chi connectivity index (χ3n) is 6.51. The first kappa shape index (κ1) is 22.0. The predicted octanol–water partition coefficient (Wildman–Crippen LogP) is 4.90. The predicted molar refractivity (Wildman–Crippen MR) is 129 cm³/mol. The number of carbonyl (C=O) groups is 1. The average Bonchev–Trinajstić information content (AvgIpc) is 3.19. The van der Waals surface area contributed by atoms with Crippen molar-refractivity contribution in [3.63, 3.8) is 0 Å². The molecule has 2 aromatic heterocycles. The van der Waals surface area contributed by atoms with Crippen molar-refractivity contribution in [3.8, 4) is 0 Å². The van der Waals surface area contributed by atoms with Gasteiger partial charge in [-0.1, -0.05) is 20.8 Å². The maximum Gasteiger partial charge on any atom is 0.253 e. The summed E-state index contributed by atoms with van der Waals surface area (Å²) < 4.78 is 2.20. The minimum Gasteiger partial charge on any atom is -0.348 e. The van der Waals surface area contributed by atoms with Crippen molar-refractivity contribution in [1.29, 1.82) is 0 Å². The van der Waals surface area contributed by atoms with Crippen molar-refractivity contribution in [1.82, 2.24) is 19.4 Å². The topological polar surface area (TPSA) is 41.4 Å². The summed E-state index contributed by atoms with van der Waals surface area (Å²) in [6, 6.07) is 6.14. The number of benzene rings is 1. The third kappa shape index (κ3) is 4.41. The minimum absolute atomic E-state index is 0.0989. The quantitative estimate of drug-likeness (QED) is 0.584. The maximum atomic E-state index is 13.3. The minimum atomic E-state index is 0.0989. The van der Waals surface area contributed by atoms with Crippen LogP contribution >= 0.6 is 11.3 Å². The SMILES string of the molecule is Cc1c(C)n(C)c2ccc(C(=O)N3CCCN(Cc4csc(C(C)(C)C)n4)CC3)cc12.